The summed E-state index contributed by atoms with van der Waals surface area (Å²) in [7, 11) is 0. The molecule has 4 nitrogen and oxygen atoms in total. The zero-order valence-corrected chi connectivity index (χ0v) is 15.0. The molecule has 2 N–H and O–H groups in total. The maximum atomic E-state index is 12.5. The Labute approximate surface area is 149 Å². The number of urea groups is 1. The Hall–Kier alpha value is -2.36. The Morgan fingerprint density at radius 1 is 1.04 bits per heavy atom. The normalized spacial score (nSPS) is 15.0. The van der Waals surface area contributed by atoms with E-state index < -0.39 is 0 Å². The van der Waals surface area contributed by atoms with Gasteiger partial charge in [-0.3, -0.25) is 4.98 Å². The van der Waals surface area contributed by atoms with Gasteiger partial charge in [0.2, 0.25) is 0 Å². The third kappa shape index (κ3) is 3.13. The van der Waals surface area contributed by atoms with Crippen LogP contribution in [0.25, 0.3) is 0 Å². The van der Waals surface area contributed by atoms with E-state index in [0.29, 0.717) is 6.54 Å². The van der Waals surface area contributed by atoms with E-state index >= 15 is 0 Å². The summed E-state index contributed by atoms with van der Waals surface area (Å²) in [6, 6.07) is 6.27. The highest BCUT2D eigenvalue weighted by Gasteiger charge is 2.24. The zero-order valence-electron chi connectivity index (χ0n) is 15.0. The molecule has 2 aromatic rings. The molecule has 0 spiro atoms. The number of amides is 2. The van der Waals surface area contributed by atoms with E-state index in [9.17, 15) is 4.79 Å². The fraction of sp³-hybridized carbons (Fsp3) is 0.429. The second kappa shape index (κ2) is 6.51. The number of rotatable bonds is 3. The number of carbonyl (C=O) groups excluding carboxylic acids is 1. The summed E-state index contributed by atoms with van der Waals surface area (Å²) in [5.74, 6) is 0. The summed E-state index contributed by atoms with van der Waals surface area (Å²) in [5.41, 5.74) is 9.76. The van der Waals surface area contributed by atoms with Gasteiger partial charge >= 0.3 is 6.03 Å². The van der Waals surface area contributed by atoms with Crippen molar-refractivity contribution >= 4 is 11.7 Å². The molecule has 1 aromatic carbocycles. The third-order valence-electron chi connectivity index (χ3n) is 5.55. The highest BCUT2D eigenvalue weighted by atomic mass is 16.2. The van der Waals surface area contributed by atoms with Gasteiger partial charge < -0.3 is 10.6 Å². The highest BCUT2D eigenvalue weighted by Crippen LogP contribution is 2.38. The highest BCUT2D eigenvalue weighted by molar-refractivity contribution is 5.92. The number of fused-ring (bicyclic) bond motifs is 2. The van der Waals surface area contributed by atoms with Crippen LogP contribution >= 0.6 is 0 Å². The lowest BCUT2D eigenvalue weighted by atomic mass is 9.99. The molecule has 0 fully saturated rings. The number of anilines is 1. The number of benzene rings is 1. The predicted molar refractivity (Wildman–Crippen MR) is 100 cm³/mol. The summed E-state index contributed by atoms with van der Waals surface area (Å²) >= 11 is 0. The summed E-state index contributed by atoms with van der Waals surface area (Å²) < 4.78 is 0. The van der Waals surface area contributed by atoms with Crippen molar-refractivity contribution in [3.63, 3.8) is 0 Å². The Morgan fingerprint density at radius 3 is 2.36 bits per heavy atom. The van der Waals surface area contributed by atoms with Gasteiger partial charge in [-0.2, -0.15) is 0 Å². The molecule has 0 saturated carbocycles. The number of hydrogen-bond acceptors (Lipinski definition) is 2. The van der Waals surface area contributed by atoms with Gasteiger partial charge in [-0.25, -0.2) is 4.79 Å². The lowest BCUT2D eigenvalue weighted by Crippen LogP contribution is -2.29. The molecule has 0 radical (unpaired) electrons. The second-order valence-corrected chi connectivity index (χ2v) is 7.25. The van der Waals surface area contributed by atoms with Crippen molar-refractivity contribution in [3.8, 4) is 0 Å². The SMILES string of the molecule is Cc1ccc(CNC(=O)Nc2c3c(cc4c2CCC4)CCC3)nc1C. The molecule has 2 amide bonds. The van der Waals surface area contributed by atoms with Crippen LogP contribution in [0, 0.1) is 13.8 Å². The number of aromatic nitrogens is 1. The van der Waals surface area contributed by atoms with Gasteiger partial charge in [0.1, 0.15) is 0 Å². The average Bonchev–Trinajstić information content (AvgIpc) is 3.24. The molecule has 1 aromatic heterocycles. The maximum Gasteiger partial charge on any atom is 0.319 e. The average molecular weight is 335 g/mol. The van der Waals surface area contributed by atoms with Crippen molar-refractivity contribution in [1.82, 2.24) is 10.3 Å². The van der Waals surface area contributed by atoms with E-state index in [1.807, 2.05) is 26.0 Å². The van der Waals surface area contributed by atoms with Gasteiger partial charge in [0, 0.05) is 11.4 Å². The Bertz CT molecular complexity index is 809. The summed E-state index contributed by atoms with van der Waals surface area (Å²) in [4.78, 5) is 17.0. The molecule has 0 saturated heterocycles. The monoisotopic (exact) mass is 335 g/mol. The molecule has 1 heterocycles. The molecule has 0 aliphatic heterocycles. The van der Waals surface area contributed by atoms with Crippen LogP contribution < -0.4 is 10.6 Å². The quantitative estimate of drug-likeness (QED) is 0.891. The van der Waals surface area contributed by atoms with Gasteiger partial charge in [0.25, 0.3) is 0 Å². The smallest absolute Gasteiger partial charge is 0.319 e. The van der Waals surface area contributed by atoms with E-state index in [0.717, 1.165) is 42.8 Å². The molecule has 2 aliphatic rings. The van der Waals surface area contributed by atoms with Gasteiger partial charge in [-0.05, 0) is 86.3 Å². The van der Waals surface area contributed by atoms with Crippen molar-refractivity contribution in [1.29, 1.82) is 0 Å². The van der Waals surface area contributed by atoms with Crippen molar-refractivity contribution in [2.75, 3.05) is 5.32 Å². The minimum absolute atomic E-state index is 0.130. The summed E-state index contributed by atoms with van der Waals surface area (Å²) in [6.45, 7) is 4.49. The number of nitrogens with one attached hydrogen (secondary N) is 2. The second-order valence-electron chi connectivity index (χ2n) is 7.25. The molecule has 4 heteroatoms. The van der Waals surface area contributed by atoms with Crippen LogP contribution in [0.2, 0.25) is 0 Å². The molecule has 0 atom stereocenters. The first-order valence-corrected chi connectivity index (χ1v) is 9.26. The number of carbonyl (C=O) groups is 1. The van der Waals surface area contributed by atoms with Crippen molar-refractivity contribution in [3.05, 3.63) is 57.4 Å². The molecule has 130 valence electrons. The number of nitrogens with zero attached hydrogens (tertiary/aromatic N) is 1. The lowest BCUT2D eigenvalue weighted by Gasteiger charge is -2.16. The topological polar surface area (TPSA) is 54.0 Å². The largest absolute Gasteiger partial charge is 0.332 e. The summed E-state index contributed by atoms with van der Waals surface area (Å²) in [5, 5.41) is 6.13. The fourth-order valence-corrected chi connectivity index (χ4v) is 4.08. The molecule has 2 aliphatic carbocycles. The van der Waals surface area contributed by atoms with E-state index in [-0.39, 0.29) is 6.03 Å². The van der Waals surface area contributed by atoms with Crippen LogP contribution in [0.4, 0.5) is 10.5 Å². The molecule has 25 heavy (non-hydrogen) atoms. The van der Waals surface area contributed by atoms with Crippen molar-refractivity contribution < 1.29 is 4.79 Å². The van der Waals surface area contributed by atoms with E-state index in [2.05, 4.69) is 21.7 Å². The van der Waals surface area contributed by atoms with Crippen LogP contribution in [-0.4, -0.2) is 11.0 Å². The van der Waals surface area contributed by atoms with Gasteiger partial charge in [-0.1, -0.05) is 12.1 Å². The van der Waals surface area contributed by atoms with Crippen LogP contribution in [0.3, 0.4) is 0 Å². The molecular formula is C21H25N3O. The maximum absolute atomic E-state index is 12.5. The lowest BCUT2D eigenvalue weighted by molar-refractivity contribution is 0.251. The molecular weight excluding hydrogens is 310 g/mol. The van der Waals surface area contributed by atoms with Crippen LogP contribution in [0.15, 0.2) is 18.2 Å². The van der Waals surface area contributed by atoms with Crippen LogP contribution in [-0.2, 0) is 32.2 Å². The zero-order chi connectivity index (χ0) is 17.4. The standard InChI is InChI=1S/C21H25N3O/c1-13-9-10-17(23-14(13)2)12-22-21(25)24-20-18-7-3-5-15(18)11-16-6-4-8-19(16)20/h9-11H,3-8,12H2,1-2H3,(H2,22,24,25). The number of pyridine rings is 1. The summed E-state index contributed by atoms with van der Waals surface area (Å²) in [6.07, 6.45) is 6.84. The first kappa shape index (κ1) is 16.1. The predicted octanol–water partition coefficient (Wildman–Crippen LogP) is 4.00. The van der Waals surface area contributed by atoms with Gasteiger partial charge in [0.15, 0.2) is 0 Å². The van der Waals surface area contributed by atoms with Crippen LogP contribution in [0.5, 0.6) is 0 Å². The van der Waals surface area contributed by atoms with E-state index in [4.69, 9.17) is 0 Å². The van der Waals surface area contributed by atoms with Crippen LogP contribution in [0.1, 0.15) is 52.0 Å². The van der Waals surface area contributed by atoms with Gasteiger partial charge in [0.05, 0.1) is 12.2 Å². The minimum atomic E-state index is -0.130. The molecule has 0 unspecified atom stereocenters. The molecule has 4 rings (SSSR count). The Balaban J connectivity index is 1.49. The Morgan fingerprint density at radius 2 is 1.72 bits per heavy atom. The first-order valence-electron chi connectivity index (χ1n) is 9.26. The Kier molecular flexibility index (Phi) is 4.20. The first-order chi connectivity index (χ1) is 12.1. The third-order valence-corrected chi connectivity index (χ3v) is 5.55. The van der Waals surface area contributed by atoms with Crippen molar-refractivity contribution in [2.45, 2.75) is 58.9 Å². The fourth-order valence-electron chi connectivity index (χ4n) is 4.08. The minimum Gasteiger partial charge on any atom is -0.332 e. The number of hydrogen-bond donors (Lipinski definition) is 2. The number of aryl methyl sites for hydroxylation is 4. The van der Waals surface area contributed by atoms with Crippen molar-refractivity contribution in [2.24, 2.45) is 0 Å². The van der Waals surface area contributed by atoms with E-state index in [1.54, 1.807) is 0 Å². The van der Waals surface area contributed by atoms with Gasteiger partial charge in [-0.15, -0.1) is 0 Å². The molecule has 0 bridgehead atoms. The van der Waals surface area contributed by atoms with E-state index in [1.165, 1.54) is 40.7 Å².